The third-order valence-corrected chi connectivity index (χ3v) is 3.31. The number of rotatable bonds is 1. The van der Waals surface area contributed by atoms with Crippen LogP contribution in [0.4, 0.5) is 0 Å². The summed E-state index contributed by atoms with van der Waals surface area (Å²) >= 11 is 0. The van der Waals surface area contributed by atoms with E-state index in [1.54, 1.807) is 4.90 Å². The molecule has 5 heteroatoms. The van der Waals surface area contributed by atoms with Crippen molar-refractivity contribution in [2.45, 2.75) is 25.5 Å². The summed E-state index contributed by atoms with van der Waals surface area (Å²) in [5.74, 6) is 0.250. The normalized spacial score (nSPS) is 34.8. The molecule has 0 aromatic heterocycles. The van der Waals surface area contributed by atoms with E-state index < -0.39 is 0 Å². The average Bonchev–Trinajstić information content (AvgIpc) is 2.74. The van der Waals surface area contributed by atoms with E-state index in [0.29, 0.717) is 19.7 Å². The third kappa shape index (κ3) is 2.04. The van der Waals surface area contributed by atoms with E-state index in [1.807, 2.05) is 6.92 Å². The molecule has 88 valence electrons. The summed E-state index contributed by atoms with van der Waals surface area (Å²) < 4.78 is 5.45. The van der Waals surface area contributed by atoms with Crippen molar-refractivity contribution >= 4 is 5.91 Å². The molecule has 2 aliphatic heterocycles. The lowest BCUT2D eigenvalue weighted by atomic mass is 10.0. The topological polar surface area (TPSA) is 65.4 Å². The first kappa shape index (κ1) is 11.4. The van der Waals surface area contributed by atoms with E-state index in [0.717, 1.165) is 13.0 Å². The van der Waals surface area contributed by atoms with Gasteiger partial charge >= 0.3 is 0 Å². The second kappa shape index (κ2) is 4.81. The first-order valence-electron chi connectivity index (χ1n) is 5.76. The van der Waals surface area contributed by atoms with Gasteiger partial charge in [-0.2, -0.15) is 5.26 Å². The lowest BCUT2D eigenvalue weighted by Crippen LogP contribution is -2.56. The molecule has 16 heavy (non-hydrogen) atoms. The maximum absolute atomic E-state index is 12.2. The van der Waals surface area contributed by atoms with E-state index >= 15 is 0 Å². The molecule has 0 bridgehead atoms. The van der Waals surface area contributed by atoms with Crippen LogP contribution in [0.25, 0.3) is 0 Å². The fourth-order valence-electron chi connectivity index (χ4n) is 2.26. The van der Waals surface area contributed by atoms with Gasteiger partial charge in [-0.05, 0) is 12.3 Å². The second-order valence-corrected chi connectivity index (χ2v) is 4.44. The van der Waals surface area contributed by atoms with E-state index in [1.165, 1.54) is 0 Å². The molecule has 1 N–H and O–H groups in total. The summed E-state index contributed by atoms with van der Waals surface area (Å²) in [4.78, 5) is 13.9. The molecule has 1 amide bonds. The monoisotopic (exact) mass is 223 g/mol. The molecule has 5 nitrogen and oxygen atoms in total. The van der Waals surface area contributed by atoms with E-state index in [4.69, 9.17) is 10.00 Å². The van der Waals surface area contributed by atoms with E-state index in [-0.39, 0.29) is 24.0 Å². The molecule has 2 rings (SSSR count). The molecule has 3 atom stereocenters. The maximum Gasteiger partial charge on any atom is 0.253 e. The number of nitrogens with one attached hydrogen (secondary N) is 1. The Balaban J connectivity index is 2.05. The smallest absolute Gasteiger partial charge is 0.253 e. The second-order valence-electron chi connectivity index (χ2n) is 4.44. The maximum atomic E-state index is 12.2. The molecule has 2 aliphatic rings. The zero-order valence-electron chi connectivity index (χ0n) is 9.48. The van der Waals surface area contributed by atoms with Gasteiger partial charge in [-0.1, -0.05) is 6.92 Å². The van der Waals surface area contributed by atoms with Crippen molar-refractivity contribution in [1.82, 2.24) is 10.2 Å². The minimum absolute atomic E-state index is 0.0157. The Labute approximate surface area is 95.4 Å². The standard InChI is InChI=1S/C11H17N3O2/c1-8-2-5-16-10(8)11(15)14-4-3-13-7-9(14)6-12/h8-10,13H,2-5,7H2,1H3. The fourth-order valence-corrected chi connectivity index (χ4v) is 2.26. The molecule has 0 aromatic carbocycles. The zero-order chi connectivity index (χ0) is 11.5. The van der Waals surface area contributed by atoms with Crippen molar-refractivity contribution < 1.29 is 9.53 Å². The van der Waals surface area contributed by atoms with Crippen LogP contribution < -0.4 is 5.32 Å². The molecule has 2 fully saturated rings. The summed E-state index contributed by atoms with van der Waals surface area (Å²) in [5, 5.41) is 12.1. The first-order valence-corrected chi connectivity index (χ1v) is 5.76. The Morgan fingerprint density at radius 1 is 1.62 bits per heavy atom. The Morgan fingerprint density at radius 3 is 3.06 bits per heavy atom. The lowest BCUT2D eigenvalue weighted by Gasteiger charge is -2.34. The van der Waals surface area contributed by atoms with Gasteiger partial charge in [-0.15, -0.1) is 0 Å². The molecule has 3 unspecified atom stereocenters. The Hall–Kier alpha value is -1.12. The predicted molar refractivity (Wildman–Crippen MR) is 57.5 cm³/mol. The van der Waals surface area contributed by atoms with Crippen LogP contribution in [0.3, 0.4) is 0 Å². The van der Waals surface area contributed by atoms with Gasteiger partial charge in [-0.3, -0.25) is 4.79 Å². The number of amides is 1. The van der Waals surface area contributed by atoms with Gasteiger partial charge in [0, 0.05) is 26.2 Å². The first-order chi connectivity index (χ1) is 7.74. The molecular weight excluding hydrogens is 206 g/mol. The van der Waals surface area contributed by atoms with Crippen LogP contribution in [0, 0.1) is 17.2 Å². The van der Waals surface area contributed by atoms with Crippen molar-refractivity contribution in [3.05, 3.63) is 0 Å². The molecular formula is C11H17N3O2. The molecule has 0 spiro atoms. The average molecular weight is 223 g/mol. The molecule has 0 radical (unpaired) electrons. The van der Waals surface area contributed by atoms with Gasteiger partial charge in [0.2, 0.25) is 0 Å². The van der Waals surface area contributed by atoms with E-state index in [9.17, 15) is 4.79 Å². The summed E-state index contributed by atoms with van der Waals surface area (Å²) in [6.45, 7) is 4.60. The van der Waals surface area contributed by atoms with Gasteiger partial charge in [-0.25, -0.2) is 0 Å². The number of carbonyl (C=O) groups excluding carboxylic acids is 1. The molecule has 0 aliphatic carbocycles. The van der Waals surface area contributed by atoms with Gasteiger partial charge in [0.05, 0.1) is 6.07 Å². The molecule has 2 heterocycles. The number of piperazine rings is 1. The summed E-state index contributed by atoms with van der Waals surface area (Å²) in [7, 11) is 0. The largest absolute Gasteiger partial charge is 0.368 e. The fraction of sp³-hybridized carbons (Fsp3) is 0.818. The van der Waals surface area contributed by atoms with Crippen molar-refractivity contribution in [3.8, 4) is 6.07 Å². The Bertz CT molecular complexity index is 313. The lowest BCUT2D eigenvalue weighted by molar-refractivity contribution is -0.144. The Kier molecular flexibility index (Phi) is 3.42. The number of ether oxygens (including phenoxy) is 1. The summed E-state index contributed by atoms with van der Waals surface area (Å²) in [5.41, 5.74) is 0. The number of nitriles is 1. The van der Waals surface area contributed by atoms with Crippen molar-refractivity contribution in [2.24, 2.45) is 5.92 Å². The van der Waals surface area contributed by atoms with Gasteiger partial charge in [0.1, 0.15) is 12.1 Å². The predicted octanol–water partition coefficient (Wildman–Crippen LogP) is -0.265. The molecule has 2 saturated heterocycles. The minimum atomic E-state index is -0.349. The van der Waals surface area contributed by atoms with Gasteiger partial charge in [0.25, 0.3) is 5.91 Å². The van der Waals surface area contributed by atoms with Crippen molar-refractivity contribution in [1.29, 1.82) is 5.26 Å². The van der Waals surface area contributed by atoms with Crippen LogP contribution in [0.5, 0.6) is 0 Å². The van der Waals surface area contributed by atoms with Crippen LogP contribution in [-0.4, -0.2) is 49.2 Å². The highest BCUT2D eigenvalue weighted by atomic mass is 16.5. The van der Waals surface area contributed by atoms with Gasteiger partial charge < -0.3 is 15.0 Å². The minimum Gasteiger partial charge on any atom is -0.368 e. The molecule has 0 aromatic rings. The van der Waals surface area contributed by atoms with Crippen LogP contribution in [-0.2, 0) is 9.53 Å². The quantitative estimate of drug-likeness (QED) is 0.665. The highest BCUT2D eigenvalue weighted by Crippen LogP contribution is 2.22. The van der Waals surface area contributed by atoms with Crippen molar-refractivity contribution in [2.75, 3.05) is 26.2 Å². The number of carbonyl (C=O) groups is 1. The van der Waals surface area contributed by atoms with Crippen LogP contribution in [0.2, 0.25) is 0 Å². The summed E-state index contributed by atoms with van der Waals surface area (Å²) in [6, 6.07) is 1.81. The Morgan fingerprint density at radius 2 is 2.44 bits per heavy atom. The van der Waals surface area contributed by atoms with Crippen LogP contribution >= 0.6 is 0 Å². The van der Waals surface area contributed by atoms with Crippen LogP contribution in [0.1, 0.15) is 13.3 Å². The number of hydrogen-bond donors (Lipinski definition) is 1. The third-order valence-electron chi connectivity index (χ3n) is 3.31. The number of hydrogen-bond acceptors (Lipinski definition) is 4. The van der Waals surface area contributed by atoms with E-state index in [2.05, 4.69) is 11.4 Å². The van der Waals surface area contributed by atoms with Gasteiger partial charge in [0.15, 0.2) is 0 Å². The zero-order valence-corrected chi connectivity index (χ0v) is 9.48. The summed E-state index contributed by atoms with van der Waals surface area (Å²) in [6.07, 6.45) is 0.591. The van der Waals surface area contributed by atoms with Crippen molar-refractivity contribution in [3.63, 3.8) is 0 Å². The highest BCUT2D eigenvalue weighted by molar-refractivity contribution is 5.82. The number of nitrogens with zero attached hydrogens (tertiary/aromatic N) is 2. The SMILES string of the molecule is CC1CCOC1C(=O)N1CCNCC1C#N. The highest BCUT2D eigenvalue weighted by Gasteiger charge is 2.37. The molecule has 0 saturated carbocycles. The van der Waals surface area contributed by atoms with Crippen LogP contribution in [0.15, 0.2) is 0 Å².